The Morgan fingerprint density at radius 2 is 1.61 bits per heavy atom. The van der Waals surface area contributed by atoms with Crippen molar-refractivity contribution in [3.8, 4) is 11.5 Å². The minimum atomic E-state index is -0.683. The Bertz CT molecular complexity index is 927. The van der Waals surface area contributed by atoms with E-state index in [2.05, 4.69) is 33.8 Å². The minimum absolute atomic E-state index is 0.0297. The summed E-state index contributed by atoms with van der Waals surface area (Å²) < 4.78 is 24.4. The van der Waals surface area contributed by atoms with Crippen LogP contribution in [0.1, 0.15) is 104 Å². The number of allylic oxidation sites excluding steroid dienone is 1. The van der Waals surface area contributed by atoms with E-state index in [-0.39, 0.29) is 29.3 Å². The van der Waals surface area contributed by atoms with Gasteiger partial charge in [0.05, 0.1) is 19.3 Å². The van der Waals surface area contributed by atoms with Crippen molar-refractivity contribution in [1.82, 2.24) is 0 Å². The average Bonchev–Trinajstić information content (AvgIpc) is 2.85. The maximum Gasteiger partial charge on any atom is 0.199 e. The van der Waals surface area contributed by atoms with E-state index in [0.29, 0.717) is 11.7 Å². The van der Waals surface area contributed by atoms with E-state index < -0.39 is 6.10 Å². The second kappa shape index (κ2) is 10.7. The summed E-state index contributed by atoms with van der Waals surface area (Å²) in [5, 5.41) is 12.2. The summed E-state index contributed by atoms with van der Waals surface area (Å²) in [5.41, 5.74) is 2.39. The molecule has 0 bridgehead atoms. The van der Waals surface area contributed by atoms with Crippen LogP contribution in [-0.2, 0) is 9.47 Å². The van der Waals surface area contributed by atoms with Gasteiger partial charge < -0.3 is 24.1 Å². The predicted octanol–water partition coefficient (Wildman–Crippen LogP) is 7.33. The summed E-state index contributed by atoms with van der Waals surface area (Å²) in [6.45, 7) is 10.9. The molecule has 5 nitrogen and oxygen atoms in total. The van der Waals surface area contributed by atoms with Gasteiger partial charge >= 0.3 is 0 Å². The Balaban J connectivity index is 1.48. The molecule has 1 aromatic rings. The Hall–Kier alpha value is -1.56. The molecule has 0 amide bonds. The van der Waals surface area contributed by atoms with Crippen molar-refractivity contribution in [2.45, 2.75) is 111 Å². The molecule has 0 radical (unpaired) electrons. The Labute approximate surface area is 217 Å². The highest BCUT2D eigenvalue weighted by Gasteiger charge is 2.54. The molecule has 2 aliphatic carbocycles. The number of benzene rings is 1. The van der Waals surface area contributed by atoms with Crippen LogP contribution >= 0.6 is 0 Å². The van der Waals surface area contributed by atoms with Gasteiger partial charge in [0.15, 0.2) is 12.6 Å². The molecule has 2 aliphatic heterocycles. The third kappa shape index (κ3) is 5.21. The molecule has 1 aromatic carbocycles. The molecule has 5 rings (SSSR count). The van der Waals surface area contributed by atoms with Crippen LogP contribution in [0.5, 0.6) is 11.5 Å². The fourth-order valence-electron chi connectivity index (χ4n) is 7.71. The average molecular weight is 499 g/mol. The summed E-state index contributed by atoms with van der Waals surface area (Å²) in [5.74, 6) is 2.02. The number of fused-ring (bicyclic) bond motifs is 1. The molecular weight excluding hydrogens is 452 g/mol. The van der Waals surface area contributed by atoms with E-state index in [1.807, 2.05) is 18.2 Å². The van der Waals surface area contributed by atoms with Gasteiger partial charge in [0, 0.05) is 24.3 Å². The highest BCUT2D eigenvalue weighted by atomic mass is 16.7. The monoisotopic (exact) mass is 498 g/mol. The molecular formula is C31H46O5. The van der Waals surface area contributed by atoms with Gasteiger partial charge in [-0.25, -0.2) is 0 Å². The molecule has 36 heavy (non-hydrogen) atoms. The van der Waals surface area contributed by atoms with Crippen molar-refractivity contribution < 1.29 is 24.1 Å². The standard InChI is InChI=1S/C31H46O5/c1-21-12-15-25-30(2,3)16-9-17-31(25,4)28(21)29(32)23-20-22(35-26-10-5-7-18-33-26)13-14-24(23)36-27-11-6-8-19-34-27/h12-14,20,25-29,32H,5-11,15-19H2,1-4H3/t25-,26?,27?,28+,29?,31-/m1/s1. The first-order valence-electron chi connectivity index (χ1n) is 14.3. The zero-order valence-corrected chi connectivity index (χ0v) is 22.8. The predicted molar refractivity (Wildman–Crippen MR) is 141 cm³/mol. The number of ether oxygens (including phenoxy) is 4. The number of aliphatic hydroxyl groups is 1. The van der Waals surface area contributed by atoms with E-state index >= 15 is 0 Å². The second-order valence-corrected chi connectivity index (χ2v) is 12.5. The molecule has 3 unspecified atom stereocenters. The lowest BCUT2D eigenvalue weighted by molar-refractivity contribution is -0.110. The summed E-state index contributed by atoms with van der Waals surface area (Å²) in [6, 6.07) is 5.90. The molecule has 200 valence electrons. The van der Waals surface area contributed by atoms with Crippen molar-refractivity contribution in [3.05, 3.63) is 35.4 Å². The van der Waals surface area contributed by atoms with Gasteiger partial charge in [-0.1, -0.05) is 38.8 Å². The van der Waals surface area contributed by atoms with Gasteiger partial charge in [-0.05, 0) is 86.8 Å². The third-order valence-corrected chi connectivity index (χ3v) is 9.57. The lowest BCUT2D eigenvalue weighted by Gasteiger charge is -2.57. The van der Waals surface area contributed by atoms with Crippen LogP contribution in [0.15, 0.2) is 29.8 Å². The van der Waals surface area contributed by atoms with Crippen molar-refractivity contribution >= 4 is 0 Å². The van der Waals surface area contributed by atoms with Gasteiger partial charge in [-0.15, -0.1) is 0 Å². The zero-order valence-electron chi connectivity index (χ0n) is 22.8. The van der Waals surface area contributed by atoms with Gasteiger partial charge in [0.25, 0.3) is 0 Å². The fraction of sp³-hybridized carbons (Fsp3) is 0.742. The molecule has 3 fully saturated rings. The molecule has 5 heteroatoms. The van der Waals surface area contributed by atoms with E-state index in [4.69, 9.17) is 18.9 Å². The number of rotatable bonds is 6. The van der Waals surface area contributed by atoms with Crippen molar-refractivity contribution in [1.29, 1.82) is 0 Å². The maximum absolute atomic E-state index is 12.2. The van der Waals surface area contributed by atoms with Crippen molar-refractivity contribution in [2.75, 3.05) is 13.2 Å². The molecule has 6 atom stereocenters. The van der Waals surface area contributed by atoms with Gasteiger partial charge in [-0.3, -0.25) is 0 Å². The first-order chi connectivity index (χ1) is 17.3. The molecule has 2 heterocycles. The topological polar surface area (TPSA) is 57.2 Å². The smallest absolute Gasteiger partial charge is 0.199 e. The van der Waals surface area contributed by atoms with Gasteiger partial charge in [0.2, 0.25) is 0 Å². The molecule has 4 aliphatic rings. The lowest BCUT2D eigenvalue weighted by Crippen LogP contribution is -2.50. The largest absolute Gasteiger partial charge is 0.465 e. The third-order valence-electron chi connectivity index (χ3n) is 9.57. The quantitative estimate of drug-likeness (QED) is 0.416. The van der Waals surface area contributed by atoms with Crippen LogP contribution in [0.3, 0.4) is 0 Å². The Kier molecular flexibility index (Phi) is 7.72. The van der Waals surface area contributed by atoms with E-state index in [9.17, 15) is 5.11 Å². The van der Waals surface area contributed by atoms with Crippen LogP contribution in [0.4, 0.5) is 0 Å². The van der Waals surface area contributed by atoms with Crippen LogP contribution in [0.2, 0.25) is 0 Å². The highest BCUT2D eigenvalue weighted by molar-refractivity contribution is 5.43. The summed E-state index contributed by atoms with van der Waals surface area (Å²) in [6.07, 6.45) is 12.0. The van der Waals surface area contributed by atoms with Crippen molar-refractivity contribution in [3.63, 3.8) is 0 Å². The first kappa shape index (κ1) is 26.1. The second-order valence-electron chi connectivity index (χ2n) is 12.5. The molecule has 1 N–H and O–H groups in total. The molecule has 0 aromatic heterocycles. The Morgan fingerprint density at radius 3 is 2.28 bits per heavy atom. The number of hydrogen-bond acceptors (Lipinski definition) is 5. The van der Waals surface area contributed by atoms with Crippen LogP contribution in [-0.4, -0.2) is 30.9 Å². The van der Waals surface area contributed by atoms with E-state index in [1.165, 1.54) is 18.4 Å². The van der Waals surface area contributed by atoms with Gasteiger partial charge in [0.1, 0.15) is 11.5 Å². The Morgan fingerprint density at radius 1 is 0.917 bits per heavy atom. The normalized spacial score (nSPS) is 35.3. The minimum Gasteiger partial charge on any atom is -0.465 e. The van der Waals surface area contributed by atoms with E-state index in [0.717, 1.165) is 75.9 Å². The van der Waals surface area contributed by atoms with E-state index in [1.54, 1.807) is 0 Å². The van der Waals surface area contributed by atoms with Crippen LogP contribution in [0, 0.1) is 22.7 Å². The molecule has 0 spiro atoms. The van der Waals surface area contributed by atoms with Gasteiger partial charge in [-0.2, -0.15) is 0 Å². The number of aliphatic hydroxyl groups excluding tert-OH is 1. The van der Waals surface area contributed by atoms with Crippen molar-refractivity contribution in [2.24, 2.45) is 22.7 Å². The molecule has 1 saturated carbocycles. The van der Waals surface area contributed by atoms with Crippen LogP contribution in [0.25, 0.3) is 0 Å². The summed E-state index contributed by atoms with van der Waals surface area (Å²) in [4.78, 5) is 0. The maximum atomic E-state index is 12.2. The fourth-order valence-corrected chi connectivity index (χ4v) is 7.71. The molecule has 2 saturated heterocycles. The SMILES string of the molecule is CC1=CC[C@@H]2C(C)(C)CCC[C@@]2(C)[C@@H]1C(O)c1cc(OC2CCCCO2)ccc1OC1CCCCO1. The van der Waals surface area contributed by atoms with Crippen LogP contribution < -0.4 is 9.47 Å². The number of hydrogen-bond donors (Lipinski definition) is 1. The lowest BCUT2D eigenvalue weighted by atomic mass is 9.47. The summed E-state index contributed by atoms with van der Waals surface area (Å²) >= 11 is 0. The summed E-state index contributed by atoms with van der Waals surface area (Å²) in [7, 11) is 0. The first-order valence-corrected chi connectivity index (χ1v) is 14.3. The highest BCUT2D eigenvalue weighted by Crippen LogP contribution is 2.62. The zero-order chi connectivity index (χ0) is 25.3.